The van der Waals surface area contributed by atoms with E-state index in [1.807, 2.05) is 0 Å². The zero-order chi connectivity index (χ0) is 9.80. The van der Waals surface area contributed by atoms with E-state index in [4.69, 9.17) is 0 Å². The van der Waals surface area contributed by atoms with Gasteiger partial charge >= 0.3 is 0 Å². The fourth-order valence-electron chi connectivity index (χ4n) is 1.79. The summed E-state index contributed by atoms with van der Waals surface area (Å²) in [5, 5.41) is 0. The van der Waals surface area contributed by atoms with Crippen LogP contribution in [0.1, 0.15) is 18.5 Å². The van der Waals surface area contributed by atoms with Gasteiger partial charge in [0.05, 0.1) is 6.04 Å². The molecule has 72 valence electrons. The normalized spacial score (nSPS) is 20.1. The topological polar surface area (TPSA) is 3.24 Å². The van der Waals surface area contributed by atoms with Gasteiger partial charge in [0, 0.05) is 6.54 Å². The van der Waals surface area contributed by atoms with Crippen molar-refractivity contribution in [2.24, 2.45) is 0 Å². The van der Waals surface area contributed by atoms with Gasteiger partial charge in [0.1, 0.15) is 0 Å². The summed E-state index contributed by atoms with van der Waals surface area (Å²) in [6.45, 7) is 3.22. The molecule has 1 heteroatoms. The van der Waals surface area contributed by atoms with Crippen LogP contribution >= 0.6 is 0 Å². The van der Waals surface area contributed by atoms with Crippen LogP contribution in [0.25, 0.3) is 0 Å². The van der Waals surface area contributed by atoms with Gasteiger partial charge in [0.2, 0.25) is 0 Å². The monoisotopic (exact) mass is 185 g/mol. The lowest BCUT2D eigenvalue weighted by atomic mass is 10.0. The Kier molecular flexibility index (Phi) is 2.68. The summed E-state index contributed by atoms with van der Waals surface area (Å²) in [5.41, 5.74) is 1.36. The van der Waals surface area contributed by atoms with E-state index in [1.165, 1.54) is 5.56 Å². The lowest BCUT2D eigenvalue weighted by molar-refractivity contribution is 0.338. The first-order chi connectivity index (χ1) is 6.92. The summed E-state index contributed by atoms with van der Waals surface area (Å²) in [6, 6.07) is 11.0. The van der Waals surface area contributed by atoms with Crippen molar-refractivity contribution in [3.05, 3.63) is 60.3 Å². The number of hydrogen-bond acceptors (Lipinski definition) is 1. The van der Waals surface area contributed by atoms with E-state index in [2.05, 4.69) is 66.6 Å². The standard InChI is InChI=1S/C13H15N/c1-2-14-11-7-6-10-13(14)12-8-4-3-5-9-12/h3-11,13H,2H2,1H3. The molecule has 2 rings (SSSR count). The molecule has 1 aromatic rings. The molecule has 0 spiro atoms. The van der Waals surface area contributed by atoms with Crippen molar-refractivity contribution in [2.45, 2.75) is 13.0 Å². The molecule has 0 saturated heterocycles. The fraction of sp³-hybridized carbons (Fsp3) is 0.231. The zero-order valence-electron chi connectivity index (χ0n) is 8.43. The second kappa shape index (κ2) is 4.14. The van der Waals surface area contributed by atoms with Crippen LogP contribution in [0, 0.1) is 0 Å². The molecule has 1 aliphatic heterocycles. The maximum atomic E-state index is 2.33. The van der Waals surface area contributed by atoms with Gasteiger partial charge in [-0.05, 0) is 24.8 Å². The number of allylic oxidation sites excluding steroid dienone is 2. The molecule has 0 aromatic heterocycles. The smallest absolute Gasteiger partial charge is 0.0724 e. The molecule has 0 amide bonds. The molecule has 1 atom stereocenters. The van der Waals surface area contributed by atoms with Crippen LogP contribution < -0.4 is 0 Å². The molecule has 1 heterocycles. The number of nitrogens with zero attached hydrogens (tertiary/aromatic N) is 1. The predicted molar refractivity (Wildman–Crippen MR) is 59.8 cm³/mol. The summed E-state index contributed by atoms with van der Waals surface area (Å²) in [7, 11) is 0. The lowest BCUT2D eigenvalue weighted by Gasteiger charge is -2.29. The Labute approximate surface area is 85.4 Å². The van der Waals surface area contributed by atoms with E-state index in [0.29, 0.717) is 6.04 Å². The van der Waals surface area contributed by atoms with Crippen LogP contribution in [-0.2, 0) is 0 Å². The van der Waals surface area contributed by atoms with Gasteiger partial charge in [-0.15, -0.1) is 0 Å². The maximum absolute atomic E-state index is 2.33. The van der Waals surface area contributed by atoms with Gasteiger partial charge in [-0.25, -0.2) is 0 Å². The molecule has 0 saturated carbocycles. The molecular weight excluding hydrogens is 170 g/mol. The van der Waals surface area contributed by atoms with Crippen LogP contribution in [0.4, 0.5) is 0 Å². The Hall–Kier alpha value is -1.50. The maximum Gasteiger partial charge on any atom is 0.0724 e. The predicted octanol–water partition coefficient (Wildman–Crippen LogP) is 3.13. The van der Waals surface area contributed by atoms with Crippen molar-refractivity contribution < 1.29 is 0 Å². The van der Waals surface area contributed by atoms with Crippen LogP contribution in [0.3, 0.4) is 0 Å². The molecular formula is C13H15N. The van der Waals surface area contributed by atoms with Crippen molar-refractivity contribution in [1.29, 1.82) is 0 Å². The molecule has 0 fully saturated rings. The Bertz CT molecular complexity index is 338. The first kappa shape index (κ1) is 9.07. The average molecular weight is 185 g/mol. The number of likely N-dealkylation sites (N-methyl/N-ethyl adjacent to an activating group) is 1. The Balaban J connectivity index is 2.25. The van der Waals surface area contributed by atoms with Gasteiger partial charge in [-0.1, -0.05) is 42.5 Å². The average Bonchev–Trinajstić information content (AvgIpc) is 2.30. The zero-order valence-corrected chi connectivity index (χ0v) is 8.43. The SMILES string of the molecule is CCN1C=CC=CC1c1ccccc1. The Morgan fingerprint density at radius 2 is 1.93 bits per heavy atom. The third-order valence-corrected chi connectivity index (χ3v) is 2.55. The molecule has 1 aliphatic rings. The second-order valence-corrected chi connectivity index (χ2v) is 3.41. The molecule has 1 unspecified atom stereocenters. The van der Waals surface area contributed by atoms with Crippen molar-refractivity contribution in [1.82, 2.24) is 4.90 Å². The summed E-state index contributed by atoms with van der Waals surface area (Å²) in [5.74, 6) is 0. The van der Waals surface area contributed by atoms with E-state index >= 15 is 0 Å². The van der Waals surface area contributed by atoms with Gasteiger partial charge in [-0.2, -0.15) is 0 Å². The molecule has 0 aliphatic carbocycles. The molecule has 0 N–H and O–H groups in total. The minimum absolute atomic E-state index is 0.409. The van der Waals surface area contributed by atoms with Crippen LogP contribution in [0.15, 0.2) is 54.8 Å². The summed E-state index contributed by atoms with van der Waals surface area (Å²) in [4.78, 5) is 2.33. The Morgan fingerprint density at radius 1 is 1.14 bits per heavy atom. The molecule has 1 aromatic carbocycles. The highest BCUT2D eigenvalue weighted by molar-refractivity contribution is 5.27. The lowest BCUT2D eigenvalue weighted by Crippen LogP contribution is -2.23. The van der Waals surface area contributed by atoms with Crippen molar-refractivity contribution in [3.63, 3.8) is 0 Å². The second-order valence-electron chi connectivity index (χ2n) is 3.41. The van der Waals surface area contributed by atoms with Crippen molar-refractivity contribution in [2.75, 3.05) is 6.54 Å². The fourth-order valence-corrected chi connectivity index (χ4v) is 1.79. The van der Waals surface area contributed by atoms with E-state index in [1.54, 1.807) is 0 Å². The highest BCUT2D eigenvalue weighted by Crippen LogP contribution is 2.24. The van der Waals surface area contributed by atoms with Crippen LogP contribution in [0.2, 0.25) is 0 Å². The van der Waals surface area contributed by atoms with E-state index in [0.717, 1.165) is 6.54 Å². The van der Waals surface area contributed by atoms with E-state index in [9.17, 15) is 0 Å². The number of benzene rings is 1. The van der Waals surface area contributed by atoms with Gasteiger partial charge in [0.15, 0.2) is 0 Å². The largest absolute Gasteiger partial charge is 0.367 e. The summed E-state index contributed by atoms with van der Waals surface area (Å²) < 4.78 is 0. The van der Waals surface area contributed by atoms with Gasteiger partial charge < -0.3 is 4.90 Å². The first-order valence-corrected chi connectivity index (χ1v) is 5.07. The molecule has 0 bridgehead atoms. The number of rotatable bonds is 2. The van der Waals surface area contributed by atoms with Gasteiger partial charge in [0.25, 0.3) is 0 Å². The molecule has 0 radical (unpaired) electrons. The van der Waals surface area contributed by atoms with Crippen molar-refractivity contribution in [3.8, 4) is 0 Å². The highest BCUT2D eigenvalue weighted by atomic mass is 15.1. The summed E-state index contributed by atoms with van der Waals surface area (Å²) in [6.07, 6.45) is 8.59. The first-order valence-electron chi connectivity index (χ1n) is 5.07. The number of hydrogen-bond donors (Lipinski definition) is 0. The van der Waals surface area contributed by atoms with E-state index < -0.39 is 0 Å². The van der Waals surface area contributed by atoms with Crippen molar-refractivity contribution >= 4 is 0 Å². The van der Waals surface area contributed by atoms with Gasteiger partial charge in [-0.3, -0.25) is 0 Å². The molecule has 14 heavy (non-hydrogen) atoms. The third-order valence-electron chi connectivity index (χ3n) is 2.55. The minimum atomic E-state index is 0.409. The third kappa shape index (κ3) is 1.72. The van der Waals surface area contributed by atoms with Crippen LogP contribution in [-0.4, -0.2) is 11.4 Å². The van der Waals surface area contributed by atoms with E-state index in [-0.39, 0.29) is 0 Å². The highest BCUT2D eigenvalue weighted by Gasteiger charge is 2.13. The summed E-state index contributed by atoms with van der Waals surface area (Å²) >= 11 is 0. The Morgan fingerprint density at radius 3 is 2.64 bits per heavy atom. The quantitative estimate of drug-likeness (QED) is 0.684. The van der Waals surface area contributed by atoms with Crippen LogP contribution in [0.5, 0.6) is 0 Å². The minimum Gasteiger partial charge on any atom is -0.367 e. The molecule has 1 nitrogen and oxygen atoms in total.